The van der Waals surface area contributed by atoms with Crippen molar-refractivity contribution in [1.29, 1.82) is 0 Å². The number of ether oxygens (including phenoxy) is 2. The molecule has 0 spiro atoms. The number of carbonyl (C=O) groups is 1. The normalized spacial score (nSPS) is 17.8. The lowest BCUT2D eigenvalue weighted by Crippen LogP contribution is -2.40. The van der Waals surface area contributed by atoms with Crippen molar-refractivity contribution in [2.45, 2.75) is 26.4 Å². The predicted octanol–water partition coefficient (Wildman–Crippen LogP) is 2.04. The third-order valence-corrected chi connectivity index (χ3v) is 4.80. The molecule has 3 rings (SSSR count). The van der Waals surface area contributed by atoms with Crippen LogP contribution in [-0.4, -0.2) is 57.5 Å². The second kappa shape index (κ2) is 8.41. The zero-order valence-electron chi connectivity index (χ0n) is 15.0. The quantitative estimate of drug-likeness (QED) is 0.563. The number of tetrazole rings is 1. The molecule has 1 aromatic heterocycles. The molecule has 8 nitrogen and oxygen atoms in total. The SMILES string of the molecule is CCOC(=O)[C@H]1CCCN(Cn2nnn(-c3ccc(OC)cc3)c2=S)C1. The van der Waals surface area contributed by atoms with Gasteiger partial charge in [0.15, 0.2) is 0 Å². The zero-order valence-corrected chi connectivity index (χ0v) is 15.8. The molecular weight excluding hydrogens is 354 g/mol. The van der Waals surface area contributed by atoms with E-state index in [2.05, 4.69) is 15.3 Å². The van der Waals surface area contributed by atoms with E-state index in [1.165, 1.54) is 0 Å². The summed E-state index contributed by atoms with van der Waals surface area (Å²) in [6.07, 6.45) is 1.81. The number of rotatable bonds is 6. The molecule has 26 heavy (non-hydrogen) atoms. The number of nitrogens with zero attached hydrogens (tertiary/aromatic N) is 5. The van der Waals surface area contributed by atoms with Crippen LogP contribution in [0.15, 0.2) is 24.3 Å². The lowest BCUT2D eigenvalue weighted by molar-refractivity contribution is -0.150. The molecule has 1 saturated heterocycles. The van der Waals surface area contributed by atoms with Crippen LogP contribution in [-0.2, 0) is 16.2 Å². The largest absolute Gasteiger partial charge is 0.497 e. The molecule has 9 heteroatoms. The summed E-state index contributed by atoms with van der Waals surface area (Å²) in [5, 5.41) is 8.33. The summed E-state index contributed by atoms with van der Waals surface area (Å²) in [4.78, 5) is 14.1. The fourth-order valence-corrected chi connectivity index (χ4v) is 3.31. The van der Waals surface area contributed by atoms with Crippen molar-refractivity contribution in [3.63, 3.8) is 0 Å². The number of aromatic nitrogens is 4. The lowest BCUT2D eigenvalue weighted by Gasteiger charge is -2.30. The van der Waals surface area contributed by atoms with Gasteiger partial charge in [0, 0.05) is 6.54 Å². The molecule has 1 atom stereocenters. The van der Waals surface area contributed by atoms with Crippen LogP contribution >= 0.6 is 12.2 Å². The molecule has 0 unspecified atom stereocenters. The van der Waals surface area contributed by atoms with Crippen molar-refractivity contribution in [2.75, 3.05) is 26.8 Å². The summed E-state index contributed by atoms with van der Waals surface area (Å²) in [6.45, 7) is 4.29. The Morgan fingerprint density at radius 1 is 1.31 bits per heavy atom. The van der Waals surface area contributed by atoms with Crippen LogP contribution in [0.5, 0.6) is 5.75 Å². The summed E-state index contributed by atoms with van der Waals surface area (Å²) in [5.41, 5.74) is 0.824. The van der Waals surface area contributed by atoms with E-state index in [1.807, 2.05) is 31.2 Å². The molecule has 1 aromatic carbocycles. The molecule has 0 aliphatic carbocycles. The average molecular weight is 377 g/mol. The van der Waals surface area contributed by atoms with Gasteiger partial charge in [-0.3, -0.25) is 9.69 Å². The first-order chi connectivity index (χ1) is 12.6. The zero-order chi connectivity index (χ0) is 18.5. The Labute approximate surface area is 157 Å². The fourth-order valence-electron chi connectivity index (χ4n) is 3.07. The lowest BCUT2D eigenvalue weighted by atomic mass is 9.99. The maximum Gasteiger partial charge on any atom is 0.310 e. The highest BCUT2D eigenvalue weighted by Gasteiger charge is 2.27. The number of piperidine rings is 1. The van der Waals surface area contributed by atoms with Gasteiger partial charge in [-0.15, -0.1) is 0 Å². The third-order valence-electron chi connectivity index (χ3n) is 4.42. The molecule has 0 saturated carbocycles. The minimum absolute atomic E-state index is 0.0884. The van der Waals surface area contributed by atoms with Gasteiger partial charge < -0.3 is 9.47 Å². The second-order valence-electron chi connectivity index (χ2n) is 6.18. The first kappa shape index (κ1) is 18.5. The maximum absolute atomic E-state index is 12.0. The van der Waals surface area contributed by atoms with Gasteiger partial charge in [-0.25, -0.2) is 4.68 Å². The summed E-state index contributed by atoms with van der Waals surface area (Å²) in [6, 6.07) is 7.46. The van der Waals surface area contributed by atoms with Gasteiger partial charge in [0.1, 0.15) is 5.75 Å². The first-order valence-corrected chi connectivity index (χ1v) is 9.09. The van der Waals surface area contributed by atoms with E-state index >= 15 is 0 Å². The predicted molar refractivity (Wildman–Crippen MR) is 97.7 cm³/mol. The van der Waals surface area contributed by atoms with Crippen LogP contribution in [0, 0.1) is 10.7 Å². The number of esters is 1. The van der Waals surface area contributed by atoms with Crippen molar-refractivity contribution in [3.8, 4) is 11.4 Å². The number of methoxy groups -OCH3 is 1. The third kappa shape index (κ3) is 4.10. The van der Waals surface area contributed by atoms with Gasteiger partial charge >= 0.3 is 5.97 Å². The van der Waals surface area contributed by atoms with Gasteiger partial charge in [0.05, 0.1) is 32.0 Å². The Balaban J connectivity index is 1.69. The van der Waals surface area contributed by atoms with Crippen LogP contribution in [0.25, 0.3) is 5.69 Å². The van der Waals surface area contributed by atoms with E-state index in [9.17, 15) is 4.79 Å². The van der Waals surface area contributed by atoms with E-state index in [4.69, 9.17) is 21.7 Å². The number of likely N-dealkylation sites (tertiary alicyclic amines) is 1. The minimum Gasteiger partial charge on any atom is -0.497 e. The number of carbonyl (C=O) groups excluding carboxylic acids is 1. The topological polar surface area (TPSA) is 74.4 Å². The molecule has 0 amide bonds. The monoisotopic (exact) mass is 377 g/mol. The summed E-state index contributed by atoms with van der Waals surface area (Å²) < 4.78 is 14.1. The molecule has 1 aliphatic heterocycles. The molecular formula is C17H23N5O3S. The molecule has 0 N–H and O–H groups in total. The van der Waals surface area contributed by atoms with Crippen LogP contribution < -0.4 is 4.74 Å². The minimum atomic E-state index is -0.123. The average Bonchev–Trinajstić information content (AvgIpc) is 3.03. The van der Waals surface area contributed by atoms with Crippen molar-refractivity contribution in [3.05, 3.63) is 29.0 Å². The molecule has 2 aromatic rings. The van der Waals surface area contributed by atoms with Gasteiger partial charge in [-0.05, 0) is 73.2 Å². The number of hydrogen-bond donors (Lipinski definition) is 0. The maximum atomic E-state index is 12.0. The molecule has 0 radical (unpaired) electrons. The van der Waals surface area contributed by atoms with Crippen LogP contribution in [0.4, 0.5) is 0 Å². The Bertz CT molecular complexity index is 801. The van der Waals surface area contributed by atoms with Crippen molar-refractivity contribution >= 4 is 18.2 Å². The second-order valence-corrected chi connectivity index (χ2v) is 6.55. The van der Waals surface area contributed by atoms with E-state index < -0.39 is 0 Å². The van der Waals surface area contributed by atoms with Gasteiger partial charge in [-0.2, -0.15) is 4.68 Å². The first-order valence-electron chi connectivity index (χ1n) is 8.68. The Morgan fingerprint density at radius 2 is 2.08 bits per heavy atom. The highest BCUT2D eigenvalue weighted by atomic mass is 32.1. The van der Waals surface area contributed by atoms with E-state index in [0.717, 1.165) is 30.8 Å². The van der Waals surface area contributed by atoms with E-state index in [1.54, 1.807) is 16.5 Å². The Hall–Kier alpha value is -2.26. The fraction of sp³-hybridized carbons (Fsp3) is 0.529. The summed E-state index contributed by atoms with van der Waals surface area (Å²) >= 11 is 5.51. The Morgan fingerprint density at radius 3 is 2.77 bits per heavy atom. The van der Waals surface area contributed by atoms with Crippen LogP contribution in [0.1, 0.15) is 19.8 Å². The molecule has 140 valence electrons. The van der Waals surface area contributed by atoms with Crippen LogP contribution in [0.3, 0.4) is 0 Å². The highest BCUT2D eigenvalue weighted by Crippen LogP contribution is 2.19. The van der Waals surface area contributed by atoms with Gasteiger partial charge in [0.25, 0.3) is 0 Å². The molecule has 2 heterocycles. The smallest absolute Gasteiger partial charge is 0.310 e. The summed E-state index contributed by atoms with van der Waals surface area (Å²) in [5.74, 6) is 0.558. The Kier molecular flexibility index (Phi) is 6.00. The number of benzene rings is 1. The van der Waals surface area contributed by atoms with Gasteiger partial charge in [-0.1, -0.05) is 0 Å². The van der Waals surface area contributed by atoms with E-state index in [-0.39, 0.29) is 11.9 Å². The van der Waals surface area contributed by atoms with E-state index in [0.29, 0.717) is 24.6 Å². The molecule has 1 aliphatic rings. The van der Waals surface area contributed by atoms with Gasteiger partial charge in [0.2, 0.25) is 4.77 Å². The summed E-state index contributed by atoms with van der Waals surface area (Å²) in [7, 11) is 1.62. The molecule has 0 bridgehead atoms. The van der Waals surface area contributed by atoms with Crippen LogP contribution in [0.2, 0.25) is 0 Å². The standard InChI is InChI=1S/C17H23N5O3S/c1-3-25-16(23)13-5-4-10-20(11-13)12-21-17(26)22(19-18-21)14-6-8-15(24-2)9-7-14/h6-9,13H,3-5,10-12H2,1-2H3/t13-/m0/s1. The van der Waals surface area contributed by atoms with Crippen molar-refractivity contribution in [2.24, 2.45) is 5.92 Å². The number of hydrogen-bond acceptors (Lipinski definition) is 7. The van der Waals surface area contributed by atoms with Crippen molar-refractivity contribution < 1.29 is 14.3 Å². The van der Waals surface area contributed by atoms with Crippen molar-refractivity contribution in [1.82, 2.24) is 24.7 Å². The highest BCUT2D eigenvalue weighted by molar-refractivity contribution is 7.71. The molecule has 1 fully saturated rings.